The predicted molar refractivity (Wildman–Crippen MR) is 94.9 cm³/mol. The number of hydrogen-bond donors (Lipinski definition) is 2. The van der Waals surface area contributed by atoms with E-state index in [1.54, 1.807) is 0 Å². The Bertz CT molecular complexity index is 550. The number of amides is 2. The maximum atomic E-state index is 12.1. The largest absolute Gasteiger partial charge is 0.349 e. The monoisotopic (exact) mass is 339 g/mol. The molecule has 1 heterocycles. The van der Waals surface area contributed by atoms with Crippen molar-refractivity contribution >= 4 is 29.9 Å². The first kappa shape index (κ1) is 19.5. The number of halogens is 1. The first-order chi connectivity index (χ1) is 10.5. The first-order valence-electron chi connectivity index (χ1n) is 7.88. The second kappa shape index (κ2) is 8.89. The van der Waals surface area contributed by atoms with Crippen molar-refractivity contribution in [3.8, 4) is 0 Å². The maximum Gasteiger partial charge on any atom is 0.227 e. The molecule has 1 fully saturated rings. The molecule has 23 heavy (non-hydrogen) atoms. The van der Waals surface area contributed by atoms with Crippen LogP contribution in [0, 0.1) is 5.92 Å². The minimum Gasteiger partial charge on any atom is -0.349 e. The summed E-state index contributed by atoms with van der Waals surface area (Å²) < 4.78 is 0. The number of carbonyl (C=O) groups is 2. The summed E-state index contributed by atoms with van der Waals surface area (Å²) in [6.07, 6.45) is 1.54. The fourth-order valence-electron chi connectivity index (χ4n) is 2.72. The van der Waals surface area contributed by atoms with Gasteiger partial charge >= 0.3 is 0 Å². The van der Waals surface area contributed by atoms with Gasteiger partial charge in [0.1, 0.15) is 0 Å². The Kier molecular flexibility index (Phi) is 7.52. The van der Waals surface area contributed by atoms with Crippen LogP contribution in [0.3, 0.4) is 0 Å². The summed E-state index contributed by atoms with van der Waals surface area (Å²) in [5.41, 5.74) is 1.94. The highest BCUT2D eigenvalue weighted by Crippen LogP contribution is 2.24. The standard InChI is InChI=1S/C17H25N3O2.ClH/c1-12(11-18-3)17(22)19-13(2)14-6-4-7-15(10-14)20-9-5-8-16(20)21;/h4,6-7,10,12-13,18H,5,8-9,11H2,1-3H3,(H,19,22);1H. The summed E-state index contributed by atoms with van der Waals surface area (Å²) in [5, 5.41) is 6.03. The summed E-state index contributed by atoms with van der Waals surface area (Å²) in [5.74, 6) is 0.136. The van der Waals surface area contributed by atoms with E-state index in [0.29, 0.717) is 13.0 Å². The van der Waals surface area contributed by atoms with Gasteiger partial charge in [-0.15, -0.1) is 12.4 Å². The lowest BCUT2D eigenvalue weighted by Crippen LogP contribution is -2.35. The van der Waals surface area contributed by atoms with Gasteiger partial charge in [0, 0.05) is 31.1 Å². The Morgan fingerprint density at radius 1 is 1.35 bits per heavy atom. The third-order valence-corrected chi connectivity index (χ3v) is 4.07. The average molecular weight is 340 g/mol. The molecule has 128 valence electrons. The van der Waals surface area contributed by atoms with Gasteiger partial charge in [-0.25, -0.2) is 0 Å². The van der Waals surface area contributed by atoms with Crippen molar-refractivity contribution in [2.24, 2.45) is 5.92 Å². The van der Waals surface area contributed by atoms with Crippen molar-refractivity contribution in [1.82, 2.24) is 10.6 Å². The molecule has 1 saturated heterocycles. The van der Waals surface area contributed by atoms with Gasteiger partial charge in [-0.3, -0.25) is 9.59 Å². The molecule has 2 N–H and O–H groups in total. The Labute approximate surface area is 144 Å². The molecule has 5 nitrogen and oxygen atoms in total. The molecule has 0 spiro atoms. The van der Waals surface area contributed by atoms with E-state index in [9.17, 15) is 9.59 Å². The summed E-state index contributed by atoms with van der Waals surface area (Å²) in [4.78, 5) is 25.8. The van der Waals surface area contributed by atoms with Crippen molar-refractivity contribution in [1.29, 1.82) is 0 Å². The van der Waals surface area contributed by atoms with Crippen LogP contribution in [0.2, 0.25) is 0 Å². The highest BCUT2D eigenvalue weighted by Gasteiger charge is 2.22. The fourth-order valence-corrected chi connectivity index (χ4v) is 2.72. The Morgan fingerprint density at radius 2 is 2.09 bits per heavy atom. The van der Waals surface area contributed by atoms with Gasteiger partial charge in [0.05, 0.1) is 6.04 Å². The summed E-state index contributed by atoms with van der Waals surface area (Å²) in [7, 11) is 1.84. The molecular weight excluding hydrogens is 314 g/mol. The van der Waals surface area contributed by atoms with Gasteiger partial charge in [0.2, 0.25) is 11.8 Å². The van der Waals surface area contributed by atoms with E-state index < -0.39 is 0 Å². The van der Waals surface area contributed by atoms with Gasteiger partial charge in [0.25, 0.3) is 0 Å². The Hall–Kier alpha value is -1.59. The lowest BCUT2D eigenvalue weighted by molar-refractivity contribution is -0.125. The number of carbonyl (C=O) groups excluding carboxylic acids is 2. The first-order valence-corrected chi connectivity index (χ1v) is 7.88. The van der Waals surface area contributed by atoms with Crippen LogP contribution in [0.4, 0.5) is 5.69 Å². The van der Waals surface area contributed by atoms with E-state index in [2.05, 4.69) is 10.6 Å². The van der Waals surface area contributed by atoms with Crippen LogP contribution in [0.1, 0.15) is 38.3 Å². The molecule has 1 aliphatic rings. The Morgan fingerprint density at radius 3 is 2.70 bits per heavy atom. The molecule has 1 aromatic rings. The molecule has 0 aromatic heterocycles. The van der Waals surface area contributed by atoms with Crippen LogP contribution >= 0.6 is 12.4 Å². The van der Waals surface area contributed by atoms with Crippen LogP contribution in [0.25, 0.3) is 0 Å². The number of nitrogens with one attached hydrogen (secondary N) is 2. The topological polar surface area (TPSA) is 61.4 Å². The zero-order valence-corrected chi connectivity index (χ0v) is 14.8. The van der Waals surface area contributed by atoms with E-state index in [-0.39, 0.29) is 36.2 Å². The molecule has 2 unspecified atom stereocenters. The van der Waals surface area contributed by atoms with E-state index in [4.69, 9.17) is 0 Å². The van der Waals surface area contributed by atoms with Crippen molar-refractivity contribution in [2.45, 2.75) is 32.7 Å². The normalized spacial score (nSPS) is 16.7. The summed E-state index contributed by atoms with van der Waals surface area (Å²) >= 11 is 0. The number of anilines is 1. The summed E-state index contributed by atoms with van der Waals surface area (Å²) in [6, 6.07) is 7.79. The molecule has 6 heteroatoms. The molecule has 1 aliphatic heterocycles. The third kappa shape index (κ3) is 4.94. The molecule has 0 radical (unpaired) electrons. The van der Waals surface area contributed by atoms with Gasteiger partial charge in [-0.2, -0.15) is 0 Å². The second-order valence-corrected chi connectivity index (χ2v) is 5.93. The average Bonchev–Trinajstić information content (AvgIpc) is 2.93. The molecule has 0 aliphatic carbocycles. The highest BCUT2D eigenvalue weighted by atomic mass is 35.5. The van der Waals surface area contributed by atoms with E-state index in [1.807, 2.05) is 50.1 Å². The number of rotatable bonds is 6. The quantitative estimate of drug-likeness (QED) is 0.835. The number of hydrogen-bond acceptors (Lipinski definition) is 3. The molecule has 1 aromatic carbocycles. The van der Waals surface area contributed by atoms with Gasteiger partial charge in [-0.1, -0.05) is 19.1 Å². The van der Waals surface area contributed by atoms with Crippen molar-refractivity contribution in [2.75, 3.05) is 25.0 Å². The lowest BCUT2D eigenvalue weighted by atomic mass is 10.1. The molecule has 0 bridgehead atoms. The van der Waals surface area contributed by atoms with Crippen LogP contribution in [0.15, 0.2) is 24.3 Å². The fraction of sp³-hybridized carbons (Fsp3) is 0.529. The van der Waals surface area contributed by atoms with Crippen LogP contribution in [0.5, 0.6) is 0 Å². The molecular formula is C17H26ClN3O2. The minimum atomic E-state index is -0.0792. The molecule has 2 rings (SSSR count). The summed E-state index contributed by atoms with van der Waals surface area (Å²) in [6.45, 7) is 5.30. The van der Waals surface area contributed by atoms with Crippen molar-refractivity contribution in [3.05, 3.63) is 29.8 Å². The van der Waals surface area contributed by atoms with Gasteiger partial charge in [-0.05, 0) is 38.1 Å². The Balaban J connectivity index is 0.00000264. The van der Waals surface area contributed by atoms with Crippen LogP contribution in [-0.4, -0.2) is 32.0 Å². The zero-order chi connectivity index (χ0) is 16.1. The second-order valence-electron chi connectivity index (χ2n) is 5.93. The number of benzene rings is 1. The van der Waals surface area contributed by atoms with E-state index >= 15 is 0 Å². The number of nitrogens with zero attached hydrogens (tertiary/aromatic N) is 1. The van der Waals surface area contributed by atoms with Crippen molar-refractivity contribution < 1.29 is 9.59 Å². The van der Waals surface area contributed by atoms with Crippen molar-refractivity contribution in [3.63, 3.8) is 0 Å². The lowest BCUT2D eigenvalue weighted by Gasteiger charge is -2.21. The van der Waals surface area contributed by atoms with Crippen LogP contribution in [-0.2, 0) is 9.59 Å². The molecule has 2 atom stereocenters. The minimum absolute atomic E-state index is 0. The zero-order valence-electron chi connectivity index (χ0n) is 14.0. The van der Waals surface area contributed by atoms with E-state index in [1.165, 1.54) is 0 Å². The molecule has 0 saturated carbocycles. The highest BCUT2D eigenvalue weighted by molar-refractivity contribution is 5.95. The molecule has 2 amide bonds. The maximum absolute atomic E-state index is 12.1. The smallest absolute Gasteiger partial charge is 0.227 e. The third-order valence-electron chi connectivity index (χ3n) is 4.07. The predicted octanol–water partition coefficient (Wildman–Crippen LogP) is 2.27. The van der Waals surface area contributed by atoms with E-state index in [0.717, 1.165) is 24.2 Å². The van der Waals surface area contributed by atoms with Crippen LogP contribution < -0.4 is 15.5 Å². The van der Waals surface area contributed by atoms with Gasteiger partial charge < -0.3 is 15.5 Å². The van der Waals surface area contributed by atoms with Gasteiger partial charge in [0.15, 0.2) is 0 Å². The SMILES string of the molecule is CNCC(C)C(=O)NC(C)c1cccc(N2CCCC2=O)c1.Cl.